The molecule has 1 saturated heterocycles. The van der Waals surface area contributed by atoms with E-state index in [4.69, 9.17) is 9.15 Å². The van der Waals surface area contributed by atoms with Crippen LogP contribution < -0.4 is 5.32 Å². The van der Waals surface area contributed by atoms with E-state index in [-0.39, 0.29) is 18.4 Å². The monoisotopic (exact) mass is 445 g/mol. The zero-order valence-electron chi connectivity index (χ0n) is 17.8. The van der Waals surface area contributed by atoms with Crippen molar-refractivity contribution in [3.63, 3.8) is 0 Å². The molecule has 9 heteroatoms. The van der Waals surface area contributed by atoms with Crippen LogP contribution in [0.4, 0.5) is 5.00 Å². The van der Waals surface area contributed by atoms with Gasteiger partial charge in [0, 0.05) is 31.1 Å². The van der Waals surface area contributed by atoms with Crippen LogP contribution in [0, 0.1) is 5.92 Å². The van der Waals surface area contributed by atoms with Crippen LogP contribution in [0.3, 0.4) is 0 Å². The van der Waals surface area contributed by atoms with Gasteiger partial charge in [0.05, 0.1) is 25.5 Å². The Kier molecular flexibility index (Phi) is 6.43. The normalized spacial score (nSPS) is 19.0. The van der Waals surface area contributed by atoms with Crippen molar-refractivity contribution in [2.75, 3.05) is 45.2 Å². The van der Waals surface area contributed by atoms with Crippen LogP contribution in [-0.4, -0.2) is 67.4 Å². The molecule has 1 unspecified atom stereocenters. The van der Waals surface area contributed by atoms with E-state index >= 15 is 0 Å². The van der Waals surface area contributed by atoms with Crippen molar-refractivity contribution >= 4 is 34.1 Å². The van der Waals surface area contributed by atoms with Gasteiger partial charge in [-0.1, -0.05) is 6.92 Å². The van der Waals surface area contributed by atoms with Gasteiger partial charge >= 0.3 is 5.97 Å². The van der Waals surface area contributed by atoms with Gasteiger partial charge in [0.1, 0.15) is 5.00 Å². The Balaban J connectivity index is 1.36. The number of esters is 1. The Bertz CT molecular complexity index is 960. The molecular weight excluding hydrogens is 418 g/mol. The summed E-state index contributed by atoms with van der Waals surface area (Å²) in [6.45, 7) is 4.68. The maximum atomic E-state index is 12.7. The smallest absolute Gasteiger partial charge is 0.341 e. The maximum absolute atomic E-state index is 12.7. The first-order valence-electron chi connectivity index (χ1n) is 10.5. The third-order valence-electron chi connectivity index (χ3n) is 5.91. The number of ether oxygens (including phenoxy) is 1. The lowest BCUT2D eigenvalue weighted by Crippen LogP contribution is -2.50. The highest BCUT2D eigenvalue weighted by atomic mass is 32.1. The second kappa shape index (κ2) is 9.23. The largest absolute Gasteiger partial charge is 0.465 e. The molecule has 0 spiro atoms. The molecular formula is C22H27N3O5S. The second-order valence-electron chi connectivity index (χ2n) is 8.14. The van der Waals surface area contributed by atoms with E-state index in [0.717, 1.165) is 24.8 Å². The number of hydrogen-bond donors (Lipinski definition) is 1. The van der Waals surface area contributed by atoms with E-state index in [0.29, 0.717) is 48.4 Å². The van der Waals surface area contributed by atoms with Gasteiger partial charge in [-0.2, -0.15) is 0 Å². The van der Waals surface area contributed by atoms with Gasteiger partial charge in [0.25, 0.3) is 5.91 Å². The average molecular weight is 446 g/mol. The molecule has 8 nitrogen and oxygen atoms in total. The van der Waals surface area contributed by atoms with Crippen molar-refractivity contribution < 1.29 is 23.5 Å². The fourth-order valence-electron chi connectivity index (χ4n) is 4.19. The summed E-state index contributed by atoms with van der Waals surface area (Å²) in [5.74, 6) is 0.211. The average Bonchev–Trinajstić information content (AvgIpc) is 3.41. The number of nitrogens with one attached hydrogen (secondary N) is 1. The van der Waals surface area contributed by atoms with Gasteiger partial charge < -0.3 is 19.4 Å². The second-order valence-corrected chi connectivity index (χ2v) is 9.25. The Labute approximate surface area is 185 Å². The molecule has 1 fully saturated rings. The number of hydrogen-bond acceptors (Lipinski definition) is 7. The Morgan fingerprint density at radius 2 is 2.03 bits per heavy atom. The molecule has 2 aromatic rings. The zero-order chi connectivity index (χ0) is 22.0. The molecule has 0 saturated carbocycles. The highest BCUT2D eigenvalue weighted by Crippen LogP contribution is 2.40. The molecule has 2 aliphatic rings. The summed E-state index contributed by atoms with van der Waals surface area (Å²) in [6, 6.07) is 3.35. The number of rotatable bonds is 5. The van der Waals surface area contributed by atoms with Crippen molar-refractivity contribution in [1.29, 1.82) is 0 Å². The molecule has 3 heterocycles. The van der Waals surface area contributed by atoms with E-state index in [1.807, 2.05) is 4.90 Å². The fourth-order valence-corrected chi connectivity index (χ4v) is 5.61. The predicted molar refractivity (Wildman–Crippen MR) is 117 cm³/mol. The standard InChI is InChI=1S/C22H27N3O5S/c1-14-5-6-15-17(12-14)31-20(19(15)22(28)29-2)23-18(26)13-24-7-9-25(10-8-24)21(27)16-4-3-11-30-16/h3-4,11,14H,5-10,12-13H2,1-2H3,(H,23,26). The molecule has 1 atom stereocenters. The van der Waals surface area contributed by atoms with Crippen molar-refractivity contribution in [1.82, 2.24) is 9.80 Å². The highest BCUT2D eigenvalue weighted by molar-refractivity contribution is 7.17. The number of methoxy groups -OCH3 is 1. The van der Waals surface area contributed by atoms with Gasteiger partial charge in [-0.25, -0.2) is 4.79 Å². The Morgan fingerprint density at radius 1 is 1.26 bits per heavy atom. The summed E-state index contributed by atoms with van der Waals surface area (Å²) in [7, 11) is 1.37. The topological polar surface area (TPSA) is 92.1 Å². The number of thiophene rings is 1. The van der Waals surface area contributed by atoms with Gasteiger partial charge in [0.15, 0.2) is 5.76 Å². The molecule has 2 aromatic heterocycles. The molecule has 2 amide bonds. The van der Waals surface area contributed by atoms with Crippen LogP contribution in [0.5, 0.6) is 0 Å². The van der Waals surface area contributed by atoms with Crippen LogP contribution >= 0.6 is 11.3 Å². The van der Waals surface area contributed by atoms with E-state index in [2.05, 4.69) is 12.2 Å². The van der Waals surface area contributed by atoms with Gasteiger partial charge in [-0.05, 0) is 42.9 Å². The van der Waals surface area contributed by atoms with E-state index in [9.17, 15) is 14.4 Å². The van der Waals surface area contributed by atoms with E-state index in [1.165, 1.54) is 29.6 Å². The predicted octanol–water partition coefficient (Wildman–Crippen LogP) is 2.65. The minimum Gasteiger partial charge on any atom is -0.465 e. The lowest BCUT2D eigenvalue weighted by molar-refractivity contribution is -0.117. The molecule has 166 valence electrons. The van der Waals surface area contributed by atoms with Crippen LogP contribution in [-0.2, 0) is 22.4 Å². The molecule has 1 N–H and O–H groups in total. The number of anilines is 1. The first kappa shape index (κ1) is 21.6. The summed E-state index contributed by atoms with van der Waals surface area (Å²) in [5.41, 5.74) is 1.53. The summed E-state index contributed by atoms with van der Waals surface area (Å²) in [6.07, 6.45) is 4.27. The third kappa shape index (κ3) is 4.67. The minimum absolute atomic E-state index is 0.129. The quantitative estimate of drug-likeness (QED) is 0.712. The Morgan fingerprint density at radius 3 is 2.71 bits per heavy atom. The van der Waals surface area contributed by atoms with Gasteiger partial charge in [-0.3, -0.25) is 14.5 Å². The van der Waals surface area contributed by atoms with E-state index in [1.54, 1.807) is 17.0 Å². The highest BCUT2D eigenvalue weighted by Gasteiger charge is 2.30. The molecule has 31 heavy (non-hydrogen) atoms. The third-order valence-corrected chi connectivity index (χ3v) is 7.08. The SMILES string of the molecule is COC(=O)c1c(NC(=O)CN2CCN(C(=O)c3ccco3)CC2)sc2c1CCC(C)C2. The van der Waals surface area contributed by atoms with Crippen molar-refractivity contribution in [3.05, 3.63) is 40.2 Å². The number of piperazine rings is 1. The maximum Gasteiger partial charge on any atom is 0.341 e. The molecule has 1 aliphatic carbocycles. The fraction of sp³-hybridized carbons (Fsp3) is 0.500. The molecule has 0 bridgehead atoms. The number of nitrogens with zero attached hydrogens (tertiary/aromatic N) is 2. The summed E-state index contributed by atoms with van der Waals surface area (Å²) < 4.78 is 10.2. The van der Waals surface area contributed by atoms with Crippen molar-refractivity contribution in [3.8, 4) is 0 Å². The van der Waals surface area contributed by atoms with Crippen LogP contribution in [0.2, 0.25) is 0 Å². The van der Waals surface area contributed by atoms with Gasteiger partial charge in [-0.15, -0.1) is 11.3 Å². The molecule has 0 aromatic carbocycles. The van der Waals surface area contributed by atoms with Crippen molar-refractivity contribution in [2.45, 2.75) is 26.2 Å². The first-order chi connectivity index (χ1) is 15.0. The van der Waals surface area contributed by atoms with Gasteiger partial charge in [0.2, 0.25) is 5.91 Å². The summed E-state index contributed by atoms with van der Waals surface area (Å²) >= 11 is 1.49. The zero-order valence-corrected chi connectivity index (χ0v) is 18.6. The van der Waals surface area contributed by atoms with Crippen LogP contribution in [0.1, 0.15) is 44.7 Å². The van der Waals surface area contributed by atoms with E-state index < -0.39 is 5.97 Å². The number of carbonyl (C=O) groups excluding carboxylic acids is 3. The minimum atomic E-state index is -0.396. The van der Waals surface area contributed by atoms with Crippen LogP contribution in [0.15, 0.2) is 22.8 Å². The Hall–Kier alpha value is -2.65. The summed E-state index contributed by atoms with van der Waals surface area (Å²) in [4.78, 5) is 42.4. The molecule has 1 aliphatic heterocycles. The molecule has 0 radical (unpaired) electrons. The number of fused-ring (bicyclic) bond motifs is 1. The summed E-state index contributed by atoms with van der Waals surface area (Å²) in [5, 5.41) is 3.53. The number of furan rings is 1. The lowest BCUT2D eigenvalue weighted by atomic mass is 9.88. The lowest BCUT2D eigenvalue weighted by Gasteiger charge is -2.33. The number of carbonyl (C=O) groups is 3. The van der Waals surface area contributed by atoms with Crippen LogP contribution in [0.25, 0.3) is 0 Å². The molecule has 4 rings (SSSR count). The van der Waals surface area contributed by atoms with Crippen molar-refractivity contribution in [2.24, 2.45) is 5.92 Å². The first-order valence-corrected chi connectivity index (χ1v) is 11.4. The number of amides is 2.